The van der Waals surface area contributed by atoms with E-state index in [0.29, 0.717) is 11.6 Å². The first-order valence-corrected chi connectivity index (χ1v) is 8.43. The van der Waals surface area contributed by atoms with E-state index in [9.17, 15) is 18.3 Å². The SMILES string of the molecule is CC1CCCN(c2ccc(S(N)(=O)=O)cc2C(=O)O)C1C. The maximum absolute atomic E-state index is 11.5. The summed E-state index contributed by atoms with van der Waals surface area (Å²) in [6, 6.07) is 4.25. The second-order valence-corrected chi connectivity index (χ2v) is 7.14. The summed E-state index contributed by atoms with van der Waals surface area (Å²) in [6.45, 7) is 4.96. The van der Waals surface area contributed by atoms with Crippen LogP contribution in [0.1, 0.15) is 37.0 Å². The first kappa shape index (κ1) is 15.8. The summed E-state index contributed by atoms with van der Waals surface area (Å²) in [7, 11) is -3.91. The molecule has 0 aliphatic carbocycles. The standard InChI is InChI=1S/C14H20N2O4S/c1-9-4-3-7-16(10(9)2)13-6-5-11(21(15,19)20)8-12(13)14(17)18/h5-6,8-10H,3-4,7H2,1-2H3,(H,17,18)(H2,15,19,20). The highest BCUT2D eigenvalue weighted by atomic mass is 32.2. The third kappa shape index (κ3) is 3.19. The smallest absolute Gasteiger partial charge is 0.337 e. The highest BCUT2D eigenvalue weighted by Crippen LogP contribution is 2.32. The first-order chi connectivity index (χ1) is 9.71. The number of anilines is 1. The monoisotopic (exact) mass is 312 g/mol. The maximum atomic E-state index is 11.5. The van der Waals surface area contributed by atoms with E-state index in [0.717, 1.165) is 25.5 Å². The largest absolute Gasteiger partial charge is 0.478 e. The van der Waals surface area contributed by atoms with Crippen LogP contribution in [-0.4, -0.2) is 32.1 Å². The van der Waals surface area contributed by atoms with Gasteiger partial charge in [0.2, 0.25) is 10.0 Å². The highest BCUT2D eigenvalue weighted by Gasteiger charge is 2.28. The van der Waals surface area contributed by atoms with Gasteiger partial charge in [-0.1, -0.05) is 6.92 Å². The molecule has 1 aromatic carbocycles. The number of nitrogens with two attached hydrogens (primary N) is 1. The molecule has 3 N–H and O–H groups in total. The molecule has 0 amide bonds. The first-order valence-electron chi connectivity index (χ1n) is 6.88. The fraction of sp³-hybridized carbons (Fsp3) is 0.500. The molecule has 6 nitrogen and oxygen atoms in total. The molecule has 2 atom stereocenters. The molecule has 1 heterocycles. The Hall–Kier alpha value is -1.60. The van der Waals surface area contributed by atoms with Crippen LogP contribution in [0.25, 0.3) is 0 Å². The van der Waals surface area contributed by atoms with Crippen molar-refractivity contribution in [3.8, 4) is 0 Å². The lowest BCUT2D eigenvalue weighted by atomic mass is 9.91. The lowest BCUT2D eigenvalue weighted by molar-refractivity contribution is 0.0697. The van der Waals surface area contributed by atoms with Gasteiger partial charge in [0, 0.05) is 12.6 Å². The molecule has 0 aromatic heterocycles. The molecular formula is C14H20N2O4S. The third-order valence-electron chi connectivity index (χ3n) is 4.21. The zero-order chi connectivity index (χ0) is 15.8. The molecule has 0 radical (unpaired) electrons. The molecule has 1 saturated heterocycles. The Morgan fingerprint density at radius 1 is 1.38 bits per heavy atom. The second-order valence-electron chi connectivity index (χ2n) is 5.58. The summed E-state index contributed by atoms with van der Waals surface area (Å²) in [4.78, 5) is 13.3. The molecule has 1 aliphatic rings. The number of primary sulfonamides is 1. The van der Waals surface area contributed by atoms with Gasteiger partial charge in [0.25, 0.3) is 0 Å². The summed E-state index contributed by atoms with van der Waals surface area (Å²) in [5.41, 5.74) is 0.524. The summed E-state index contributed by atoms with van der Waals surface area (Å²) >= 11 is 0. The number of piperidine rings is 1. The van der Waals surface area contributed by atoms with E-state index in [1.54, 1.807) is 0 Å². The Balaban J connectivity index is 2.51. The normalized spacial score (nSPS) is 23.1. The number of nitrogens with zero attached hydrogens (tertiary/aromatic N) is 1. The Morgan fingerprint density at radius 2 is 2.05 bits per heavy atom. The van der Waals surface area contributed by atoms with Crippen molar-refractivity contribution in [2.75, 3.05) is 11.4 Å². The second kappa shape index (κ2) is 5.65. The minimum Gasteiger partial charge on any atom is -0.478 e. The van der Waals surface area contributed by atoms with Crippen LogP contribution in [0.3, 0.4) is 0 Å². The minimum absolute atomic E-state index is 0.0255. The molecule has 0 spiro atoms. The topological polar surface area (TPSA) is 101 Å². The van der Waals surface area contributed by atoms with E-state index in [1.807, 2.05) is 4.90 Å². The summed E-state index contributed by atoms with van der Waals surface area (Å²) < 4.78 is 22.8. The molecule has 116 valence electrons. The van der Waals surface area contributed by atoms with E-state index in [-0.39, 0.29) is 16.5 Å². The third-order valence-corrected chi connectivity index (χ3v) is 5.12. The zero-order valence-electron chi connectivity index (χ0n) is 12.1. The van der Waals surface area contributed by atoms with Gasteiger partial charge in [-0.25, -0.2) is 18.4 Å². The Labute approximate surface area is 124 Å². The fourth-order valence-corrected chi connectivity index (χ4v) is 3.33. The van der Waals surface area contributed by atoms with E-state index in [1.165, 1.54) is 12.1 Å². The number of hydrogen-bond donors (Lipinski definition) is 2. The van der Waals surface area contributed by atoms with Crippen LogP contribution in [-0.2, 0) is 10.0 Å². The van der Waals surface area contributed by atoms with E-state index < -0.39 is 16.0 Å². The van der Waals surface area contributed by atoms with Gasteiger partial charge in [0.05, 0.1) is 16.1 Å². The Morgan fingerprint density at radius 3 is 2.62 bits per heavy atom. The molecule has 1 fully saturated rings. The van der Waals surface area contributed by atoms with Crippen LogP contribution in [0, 0.1) is 5.92 Å². The average Bonchev–Trinajstić information content (AvgIpc) is 2.40. The van der Waals surface area contributed by atoms with Crippen molar-refractivity contribution in [3.63, 3.8) is 0 Å². The molecule has 0 saturated carbocycles. The summed E-state index contributed by atoms with van der Waals surface area (Å²) in [6.07, 6.45) is 2.09. The number of carboxylic acid groups (broad SMARTS) is 1. The predicted octanol–water partition coefficient (Wildman–Crippen LogP) is 1.66. The van der Waals surface area contributed by atoms with Gasteiger partial charge in [-0.05, 0) is 43.9 Å². The van der Waals surface area contributed by atoms with Crippen molar-refractivity contribution in [3.05, 3.63) is 23.8 Å². The number of aromatic carboxylic acids is 1. The van der Waals surface area contributed by atoms with E-state index in [2.05, 4.69) is 13.8 Å². The van der Waals surface area contributed by atoms with Gasteiger partial charge in [-0.2, -0.15) is 0 Å². The molecule has 0 bridgehead atoms. The lowest BCUT2D eigenvalue weighted by Gasteiger charge is -2.40. The molecular weight excluding hydrogens is 292 g/mol. The van der Waals surface area contributed by atoms with Crippen molar-refractivity contribution in [2.45, 2.75) is 37.6 Å². The molecule has 2 rings (SSSR count). The van der Waals surface area contributed by atoms with Crippen LogP contribution < -0.4 is 10.0 Å². The number of rotatable bonds is 3. The predicted molar refractivity (Wildman–Crippen MR) is 80.0 cm³/mol. The van der Waals surface area contributed by atoms with Crippen molar-refractivity contribution >= 4 is 21.7 Å². The van der Waals surface area contributed by atoms with Crippen molar-refractivity contribution in [1.82, 2.24) is 0 Å². The Bertz CT molecular complexity index is 657. The fourth-order valence-electron chi connectivity index (χ4n) is 2.79. The number of carbonyl (C=O) groups is 1. The van der Waals surface area contributed by atoms with Gasteiger partial charge in [-0.15, -0.1) is 0 Å². The molecule has 21 heavy (non-hydrogen) atoms. The van der Waals surface area contributed by atoms with E-state index >= 15 is 0 Å². The number of sulfonamides is 1. The van der Waals surface area contributed by atoms with Crippen molar-refractivity contribution in [2.24, 2.45) is 11.1 Å². The summed E-state index contributed by atoms with van der Waals surface area (Å²) in [5, 5.41) is 14.4. The van der Waals surface area contributed by atoms with Gasteiger partial charge in [0.1, 0.15) is 0 Å². The number of carboxylic acids is 1. The zero-order valence-corrected chi connectivity index (χ0v) is 12.9. The molecule has 2 unspecified atom stereocenters. The van der Waals surface area contributed by atoms with Gasteiger partial charge < -0.3 is 10.0 Å². The van der Waals surface area contributed by atoms with Crippen LogP contribution in [0.15, 0.2) is 23.1 Å². The van der Waals surface area contributed by atoms with Crippen LogP contribution >= 0.6 is 0 Å². The van der Waals surface area contributed by atoms with Gasteiger partial charge >= 0.3 is 5.97 Å². The maximum Gasteiger partial charge on any atom is 0.337 e. The molecule has 7 heteroatoms. The quantitative estimate of drug-likeness (QED) is 0.884. The van der Waals surface area contributed by atoms with Crippen molar-refractivity contribution < 1.29 is 18.3 Å². The van der Waals surface area contributed by atoms with Crippen molar-refractivity contribution in [1.29, 1.82) is 0 Å². The van der Waals surface area contributed by atoms with Gasteiger partial charge in [-0.3, -0.25) is 0 Å². The Kier molecular flexibility index (Phi) is 4.25. The van der Waals surface area contributed by atoms with Gasteiger partial charge in [0.15, 0.2) is 0 Å². The highest BCUT2D eigenvalue weighted by molar-refractivity contribution is 7.89. The average molecular weight is 312 g/mol. The number of benzene rings is 1. The minimum atomic E-state index is -3.91. The van der Waals surface area contributed by atoms with Crippen LogP contribution in [0.4, 0.5) is 5.69 Å². The molecule has 1 aromatic rings. The molecule has 1 aliphatic heterocycles. The van der Waals surface area contributed by atoms with Crippen LogP contribution in [0.5, 0.6) is 0 Å². The van der Waals surface area contributed by atoms with E-state index in [4.69, 9.17) is 5.14 Å². The van der Waals surface area contributed by atoms with Crippen LogP contribution in [0.2, 0.25) is 0 Å². The summed E-state index contributed by atoms with van der Waals surface area (Å²) in [5.74, 6) is -0.695. The number of hydrogen-bond acceptors (Lipinski definition) is 4. The lowest BCUT2D eigenvalue weighted by Crippen LogP contribution is -2.43.